The van der Waals surface area contributed by atoms with E-state index in [2.05, 4.69) is 11.9 Å². The van der Waals surface area contributed by atoms with Gasteiger partial charge in [0.2, 0.25) is 0 Å². The van der Waals surface area contributed by atoms with Crippen LogP contribution in [0.3, 0.4) is 0 Å². The molecule has 16 heavy (non-hydrogen) atoms. The summed E-state index contributed by atoms with van der Waals surface area (Å²) in [6.07, 6.45) is 4.70. The quantitative estimate of drug-likeness (QED) is 0.649. The van der Waals surface area contributed by atoms with Crippen LogP contribution in [0.5, 0.6) is 0 Å². The molecule has 0 aliphatic carbocycles. The number of carbonyl (C=O) groups excluding carboxylic acids is 1. The Bertz CT molecular complexity index is 387. The van der Waals surface area contributed by atoms with E-state index in [4.69, 9.17) is 9.84 Å². The second kappa shape index (κ2) is 4.11. The highest BCUT2D eigenvalue weighted by Crippen LogP contribution is 2.21. The maximum Gasteiger partial charge on any atom is 0.253 e. The summed E-state index contributed by atoms with van der Waals surface area (Å²) in [6, 6.07) is 0. The highest BCUT2D eigenvalue weighted by molar-refractivity contribution is 5.94. The molecule has 5 heteroatoms. The molecule has 5 nitrogen and oxygen atoms in total. The Balaban J connectivity index is 2.14. The molecule has 0 saturated heterocycles. The van der Waals surface area contributed by atoms with E-state index in [0.29, 0.717) is 11.4 Å². The first-order chi connectivity index (χ1) is 7.61. The highest BCUT2D eigenvalue weighted by Gasteiger charge is 2.28. The first-order valence-electron chi connectivity index (χ1n) is 5.03. The number of rotatable bonds is 2. The minimum Gasteiger partial charge on any atom is -0.393 e. The molecule has 86 valence electrons. The van der Waals surface area contributed by atoms with Crippen molar-refractivity contribution in [1.29, 1.82) is 0 Å². The number of nitrogens with one attached hydrogen (secondary N) is 1. The lowest BCUT2D eigenvalue weighted by molar-refractivity contribution is -0.118. The lowest BCUT2D eigenvalue weighted by Gasteiger charge is -2.32. The first kappa shape index (κ1) is 10.9. The number of hydrogen-bond acceptors (Lipinski definition) is 4. The number of hydrogen-bond donors (Lipinski definition) is 2. The van der Waals surface area contributed by atoms with Crippen molar-refractivity contribution in [1.82, 2.24) is 10.2 Å². The normalized spacial score (nSPS) is 29.4. The summed E-state index contributed by atoms with van der Waals surface area (Å²) in [7, 11) is 0. The Kier molecular flexibility index (Phi) is 2.80. The van der Waals surface area contributed by atoms with Crippen molar-refractivity contribution in [2.24, 2.45) is 0 Å². The molecule has 0 radical (unpaired) electrons. The Morgan fingerprint density at radius 1 is 1.62 bits per heavy atom. The zero-order chi connectivity index (χ0) is 11.7. The third-order valence-electron chi connectivity index (χ3n) is 2.52. The molecule has 0 fully saturated rings. The van der Waals surface area contributed by atoms with Gasteiger partial charge in [0, 0.05) is 11.8 Å². The standard InChI is InChI=1S/C11H14N2O3/c1-7-5-13(8(2)12-11(7)15)10-4-3-9(6-14)16-10/h3-5,9-10,14H,2,6H2,1H3,(H,12,15)/t9-,10+/m0/s1. The summed E-state index contributed by atoms with van der Waals surface area (Å²) in [4.78, 5) is 13.0. The zero-order valence-corrected chi connectivity index (χ0v) is 9.01. The average Bonchev–Trinajstić information content (AvgIpc) is 2.71. The molecule has 0 saturated carbocycles. The Morgan fingerprint density at radius 3 is 3.00 bits per heavy atom. The van der Waals surface area contributed by atoms with Crippen molar-refractivity contribution in [3.05, 3.63) is 36.3 Å². The molecule has 2 aliphatic rings. The van der Waals surface area contributed by atoms with E-state index in [1.807, 2.05) is 6.08 Å². The summed E-state index contributed by atoms with van der Waals surface area (Å²) in [5.74, 6) is 0.325. The molecule has 1 amide bonds. The number of aliphatic hydroxyl groups excluding tert-OH is 1. The van der Waals surface area contributed by atoms with Crippen molar-refractivity contribution >= 4 is 5.91 Å². The van der Waals surface area contributed by atoms with E-state index in [1.165, 1.54) is 0 Å². The van der Waals surface area contributed by atoms with Crippen LogP contribution in [0, 0.1) is 0 Å². The number of carbonyl (C=O) groups is 1. The third-order valence-corrected chi connectivity index (χ3v) is 2.52. The van der Waals surface area contributed by atoms with E-state index in [9.17, 15) is 4.79 Å². The van der Waals surface area contributed by atoms with Crippen LogP contribution in [0.15, 0.2) is 36.3 Å². The lowest BCUT2D eigenvalue weighted by atomic mass is 10.2. The van der Waals surface area contributed by atoms with Gasteiger partial charge in [-0.25, -0.2) is 0 Å². The van der Waals surface area contributed by atoms with Gasteiger partial charge < -0.3 is 20.1 Å². The van der Waals surface area contributed by atoms with Crippen molar-refractivity contribution in [2.75, 3.05) is 6.61 Å². The summed E-state index contributed by atoms with van der Waals surface area (Å²) in [5.41, 5.74) is 0.594. The van der Waals surface area contributed by atoms with Crippen molar-refractivity contribution in [3.63, 3.8) is 0 Å². The van der Waals surface area contributed by atoms with Crippen molar-refractivity contribution < 1.29 is 14.6 Å². The fourth-order valence-electron chi connectivity index (χ4n) is 1.62. The van der Waals surface area contributed by atoms with E-state index in [1.54, 1.807) is 24.1 Å². The number of nitrogens with zero attached hydrogens (tertiary/aromatic N) is 1. The molecule has 0 aromatic carbocycles. The number of aliphatic hydroxyl groups is 1. The average molecular weight is 222 g/mol. The van der Waals surface area contributed by atoms with E-state index in [-0.39, 0.29) is 24.8 Å². The second-order valence-corrected chi connectivity index (χ2v) is 3.75. The van der Waals surface area contributed by atoms with Crippen LogP contribution < -0.4 is 5.32 Å². The smallest absolute Gasteiger partial charge is 0.253 e. The van der Waals surface area contributed by atoms with Crippen LogP contribution in [0.1, 0.15) is 6.92 Å². The number of amides is 1. The molecule has 0 aromatic heterocycles. The van der Waals surface area contributed by atoms with E-state index < -0.39 is 0 Å². The van der Waals surface area contributed by atoms with E-state index in [0.717, 1.165) is 0 Å². The first-order valence-corrected chi connectivity index (χ1v) is 5.03. The molecule has 0 unspecified atom stereocenters. The molecule has 2 aliphatic heterocycles. The van der Waals surface area contributed by atoms with Gasteiger partial charge in [0.05, 0.1) is 6.61 Å². The summed E-state index contributed by atoms with van der Waals surface area (Å²) < 4.78 is 5.51. The van der Waals surface area contributed by atoms with Crippen LogP contribution in [0.4, 0.5) is 0 Å². The monoisotopic (exact) mass is 222 g/mol. The largest absolute Gasteiger partial charge is 0.393 e. The third kappa shape index (κ3) is 1.87. The molecule has 2 N–H and O–H groups in total. The van der Waals surface area contributed by atoms with Crippen molar-refractivity contribution in [3.8, 4) is 0 Å². The molecule has 2 atom stereocenters. The van der Waals surface area contributed by atoms with Crippen LogP contribution in [-0.2, 0) is 9.53 Å². The zero-order valence-electron chi connectivity index (χ0n) is 9.01. The van der Waals surface area contributed by atoms with Crippen LogP contribution >= 0.6 is 0 Å². The minimum absolute atomic E-state index is 0.0532. The maximum absolute atomic E-state index is 11.3. The molecule has 2 heterocycles. The topological polar surface area (TPSA) is 61.8 Å². The summed E-state index contributed by atoms with van der Waals surface area (Å²) in [5, 5.41) is 11.6. The predicted octanol–water partition coefficient (Wildman–Crippen LogP) is 0.0666. The van der Waals surface area contributed by atoms with Gasteiger partial charge in [-0.2, -0.15) is 0 Å². The van der Waals surface area contributed by atoms with Gasteiger partial charge in [0.25, 0.3) is 5.91 Å². The summed E-state index contributed by atoms with van der Waals surface area (Å²) >= 11 is 0. The maximum atomic E-state index is 11.3. The Hall–Kier alpha value is -1.59. The minimum atomic E-state index is -0.319. The van der Waals surface area contributed by atoms with Crippen LogP contribution in [0.2, 0.25) is 0 Å². The van der Waals surface area contributed by atoms with E-state index >= 15 is 0 Å². The van der Waals surface area contributed by atoms with Gasteiger partial charge in [0.1, 0.15) is 11.9 Å². The summed E-state index contributed by atoms with van der Waals surface area (Å²) in [6.45, 7) is 5.41. The Labute approximate surface area is 93.7 Å². The fraction of sp³-hybridized carbons (Fsp3) is 0.364. The predicted molar refractivity (Wildman–Crippen MR) is 57.8 cm³/mol. The Morgan fingerprint density at radius 2 is 2.38 bits per heavy atom. The molecule has 0 aromatic rings. The molecular weight excluding hydrogens is 208 g/mol. The SMILES string of the molecule is C=C1NC(=O)C(C)=CN1[C@H]1C=C[C@@H](CO)O1. The fourth-order valence-corrected chi connectivity index (χ4v) is 1.62. The van der Waals surface area contributed by atoms with Crippen LogP contribution in [-0.4, -0.2) is 34.9 Å². The van der Waals surface area contributed by atoms with Gasteiger partial charge in [-0.3, -0.25) is 4.79 Å². The van der Waals surface area contributed by atoms with Gasteiger partial charge >= 0.3 is 0 Å². The molecule has 0 bridgehead atoms. The van der Waals surface area contributed by atoms with Gasteiger partial charge in [-0.15, -0.1) is 0 Å². The van der Waals surface area contributed by atoms with Gasteiger partial charge in [-0.1, -0.05) is 12.7 Å². The molecular formula is C11H14N2O3. The van der Waals surface area contributed by atoms with Crippen molar-refractivity contribution in [2.45, 2.75) is 19.3 Å². The van der Waals surface area contributed by atoms with Crippen LogP contribution in [0.25, 0.3) is 0 Å². The molecule has 2 rings (SSSR count). The second-order valence-electron chi connectivity index (χ2n) is 3.75. The van der Waals surface area contributed by atoms with Gasteiger partial charge in [-0.05, 0) is 13.0 Å². The lowest BCUT2D eigenvalue weighted by Crippen LogP contribution is -2.42. The highest BCUT2D eigenvalue weighted by atomic mass is 16.5. The number of ether oxygens (including phenoxy) is 1. The van der Waals surface area contributed by atoms with Gasteiger partial charge in [0.15, 0.2) is 6.23 Å². The molecule has 0 spiro atoms.